The Morgan fingerprint density at radius 2 is 1.77 bits per heavy atom. The van der Waals surface area contributed by atoms with Crippen molar-refractivity contribution in [2.45, 2.75) is 46.2 Å². The Balaban J connectivity index is 2.43. The molecule has 0 radical (unpaired) electrons. The molecule has 1 atom stereocenters. The molecule has 35 heavy (non-hydrogen) atoms. The molecule has 192 valence electrons. The summed E-state index contributed by atoms with van der Waals surface area (Å²) >= 11 is 3.42. The third-order valence-electron chi connectivity index (χ3n) is 5.56. The minimum absolute atomic E-state index is 0.151. The number of benzene rings is 2. The molecule has 10 heteroatoms. The molecule has 2 amide bonds. The molecule has 0 aromatic heterocycles. The van der Waals surface area contributed by atoms with E-state index in [9.17, 15) is 18.0 Å². The molecule has 0 spiro atoms. The summed E-state index contributed by atoms with van der Waals surface area (Å²) in [6.07, 6.45) is 2.21. The summed E-state index contributed by atoms with van der Waals surface area (Å²) in [6, 6.07) is 11.6. The number of halogens is 1. The Morgan fingerprint density at radius 3 is 2.29 bits per heavy atom. The summed E-state index contributed by atoms with van der Waals surface area (Å²) in [4.78, 5) is 28.0. The average molecular weight is 569 g/mol. The maximum Gasteiger partial charge on any atom is 0.244 e. The third-order valence-corrected chi connectivity index (χ3v) is 7.59. The number of carbonyl (C=O) groups is 2. The van der Waals surface area contributed by atoms with Crippen LogP contribution in [0.3, 0.4) is 0 Å². The van der Waals surface area contributed by atoms with Crippen molar-refractivity contribution < 1.29 is 22.7 Å². The second-order valence-electron chi connectivity index (χ2n) is 8.29. The van der Waals surface area contributed by atoms with Gasteiger partial charge in [0.15, 0.2) is 0 Å². The number of hydrogen-bond acceptors (Lipinski definition) is 5. The van der Waals surface area contributed by atoms with Gasteiger partial charge in [-0.1, -0.05) is 41.9 Å². The largest absolute Gasteiger partial charge is 0.497 e. The van der Waals surface area contributed by atoms with Gasteiger partial charge in [-0.2, -0.15) is 0 Å². The van der Waals surface area contributed by atoms with E-state index in [2.05, 4.69) is 21.2 Å². The number of aryl methyl sites for hydroxylation is 1. The van der Waals surface area contributed by atoms with E-state index in [4.69, 9.17) is 4.74 Å². The zero-order valence-electron chi connectivity index (χ0n) is 20.9. The molecule has 1 unspecified atom stereocenters. The second-order valence-corrected chi connectivity index (χ2v) is 11.0. The monoisotopic (exact) mass is 567 g/mol. The Labute approximate surface area is 216 Å². The van der Waals surface area contributed by atoms with Crippen molar-refractivity contribution in [2.24, 2.45) is 0 Å². The lowest BCUT2D eigenvalue weighted by atomic mass is 10.1. The van der Waals surface area contributed by atoms with Gasteiger partial charge in [0.1, 0.15) is 18.3 Å². The molecule has 0 bridgehead atoms. The van der Waals surface area contributed by atoms with Crippen LogP contribution in [0.4, 0.5) is 5.69 Å². The molecular formula is C25H34BrN3O5S. The highest BCUT2D eigenvalue weighted by Crippen LogP contribution is 2.25. The fourth-order valence-electron chi connectivity index (χ4n) is 3.61. The lowest BCUT2D eigenvalue weighted by Crippen LogP contribution is -2.52. The van der Waals surface area contributed by atoms with Crippen molar-refractivity contribution >= 4 is 43.5 Å². The van der Waals surface area contributed by atoms with E-state index in [1.807, 2.05) is 32.9 Å². The summed E-state index contributed by atoms with van der Waals surface area (Å²) in [5, 5.41) is 2.86. The minimum Gasteiger partial charge on any atom is -0.497 e. The summed E-state index contributed by atoms with van der Waals surface area (Å²) in [5.41, 5.74) is 2.02. The summed E-state index contributed by atoms with van der Waals surface area (Å²) in [7, 11) is -2.20. The third kappa shape index (κ3) is 7.96. The van der Waals surface area contributed by atoms with Crippen LogP contribution in [0.25, 0.3) is 0 Å². The molecule has 0 aliphatic rings. The number of nitrogens with one attached hydrogen (secondary N) is 1. The summed E-state index contributed by atoms with van der Waals surface area (Å²) in [6.45, 7) is 5.85. The van der Waals surface area contributed by atoms with Crippen LogP contribution in [-0.2, 0) is 26.2 Å². The van der Waals surface area contributed by atoms with Crippen LogP contribution in [0, 0.1) is 6.92 Å². The van der Waals surface area contributed by atoms with Crippen molar-refractivity contribution in [2.75, 3.05) is 30.8 Å². The van der Waals surface area contributed by atoms with Gasteiger partial charge in [0.2, 0.25) is 21.8 Å². The van der Waals surface area contributed by atoms with Crippen molar-refractivity contribution in [1.82, 2.24) is 10.2 Å². The molecule has 0 aliphatic heterocycles. The fraction of sp³-hybridized carbons (Fsp3) is 0.440. The van der Waals surface area contributed by atoms with E-state index in [1.54, 1.807) is 37.4 Å². The Morgan fingerprint density at radius 1 is 1.11 bits per heavy atom. The quantitative estimate of drug-likeness (QED) is 0.420. The van der Waals surface area contributed by atoms with Gasteiger partial charge in [0.05, 0.1) is 19.1 Å². The molecule has 8 nitrogen and oxygen atoms in total. The predicted octanol–water partition coefficient (Wildman–Crippen LogP) is 3.87. The summed E-state index contributed by atoms with van der Waals surface area (Å²) < 4.78 is 32.5. The van der Waals surface area contributed by atoms with E-state index < -0.39 is 28.5 Å². The topological polar surface area (TPSA) is 96.0 Å². The minimum atomic E-state index is -3.77. The van der Waals surface area contributed by atoms with E-state index in [0.29, 0.717) is 24.4 Å². The number of anilines is 1. The fourth-order valence-corrected chi connectivity index (χ4v) is 4.70. The first-order chi connectivity index (χ1) is 16.5. The number of nitrogens with zero attached hydrogens (tertiary/aromatic N) is 2. The van der Waals surface area contributed by atoms with Crippen LogP contribution in [-0.4, -0.2) is 57.6 Å². The highest BCUT2D eigenvalue weighted by atomic mass is 79.9. The lowest BCUT2D eigenvalue weighted by molar-refractivity contribution is -0.140. The molecule has 1 N–H and O–H groups in total. The number of carbonyl (C=O) groups excluding carboxylic acids is 2. The molecule has 0 heterocycles. The Kier molecular flexibility index (Phi) is 10.6. The van der Waals surface area contributed by atoms with E-state index in [0.717, 1.165) is 32.6 Å². The molecule has 0 aliphatic carbocycles. The van der Waals surface area contributed by atoms with Crippen LogP contribution in [0.5, 0.6) is 5.75 Å². The van der Waals surface area contributed by atoms with E-state index in [1.165, 1.54) is 4.90 Å². The first-order valence-corrected chi connectivity index (χ1v) is 14.1. The SMILES string of the molecule is CCCNC(=O)C(CC)N(Cc1ccc(OC)cc1)C(=O)CN(c1ccc(Br)c(C)c1)S(C)(=O)=O. The second kappa shape index (κ2) is 12.9. The predicted molar refractivity (Wildman–Crippen MR) is 142 cm³/mol. The van der Waals surface area contributed by atoms with Gasteiger partial charge in [-0.05, 0) is 61.2 Å². The first kappa shape index (κ1) is 28.6. The van der Waals surface area contributed by atoms with Crippen molar-refractivity contribution in [3.05, 3.63) is 58.1 Å². The van der Waals surface area contributed by atoms with Crippen molar-refractivity contribution in [1.29, 1.82) is 0 Å². The molecule has 0 fully saturated rings. The van der Waals surface area contributed by atoms with E-state index in [-0.39, 0.29) is 12.5 Å². The summed E-state index contributed by atoms with van der Waals surface area (Å²) in [5.74, 6) is -0.0554. The van der Waals surface area contributed by atoms with E-state index >= 15 is 0 Å². The number of amides is 2. The van der Waals surface area contributed by atoms with Crippen molar-refractivity contribution in [3.63, 3.8) is 0 Å². The van der Waals surface area contributed by atoms with Gasteiger partial charge in [-0.3, -0.25) is 13.9 Å². The number of rotatable bonds is 12. The van der Waals surface area contributed by atoms with Gasteiger partial charge in [-0.25, -0.2) is 8.42 Å². The van der Waals surface area contributed by atoms with Crippen LogP contribution in [0.15, 0.2) is 46.9 Å². The highest BCUT2D eigenvalue weighted by molar-refractivity contribution is 9.10. The van der Waals surface area contributed by atoms with Gasteiger partial charge < -0.3 is 15.0 Å². The Hall–Kier alpha value is -2.59. The normalized spacial score (nSPS) is 12.1. The number of hydrogen-bond donors (Lipinski definition) is 1. The maximum atomic E-state index is 13.6. The Bertz CT molecular complexity index is 1120. The first-order valence-electron chi connectivity index (χ1n) is 11.5. The van der Waals surface area contributed by atoms with Gasteiger partial charge in [0.25, 0.3) is 0 Å². The molecule has 0 saturated carbocycles. The molecule has 2 rings (SSSR count). The van der Waals surface area contributed by atoms with Gasteiger partial charge >= 0.3 is 0 Å². The number of sulfonamides is 1. The molecule has 2 aromatic rings. The number of methoxy groups -OCH3 is 1. The lowest BCUT2D eigenvalue weighted by Gasteiger charge is -2.33. The van der Waals surface area contributed by atoms with Crippen LogP contribution in [0.2, 0.25) is 0 Å². The standard InChI is InChI=1S/C25H34BrN3O5S/c1-6-14-27-25(31)23(7-2)28(16-19-8-11-21(34-4)12-9-19)24(30)17-29(35(5,32)33)20-10-13-22(26)18(3)15-20/h8-13,15,23H,6-7,14,16-17H2,1-5H3,(H,27,31). The van der Waals surface area contributed by atoms with Crippen LogP contribution < -0.4 is 14.4 Å². The maximum absolute atomic E-state index is 13.6. The zero-order valence-corrected chi connectivity index (χ0v) is 23.3. The zero-order chi connectivity index (χ0) is 26.2. The molecule has 2 aromatic carbocycles. The van der Waals surface area contributed by atoms with Crippen LogP contribution in [0.1, 0.15) is 37.8 Å². The molecule has 0 saturated heterocycles. The average Bonchev–Trinajstić information content (AvgIpc) is 2.82. The highest BCUT2D eigenvalue weighted by Gasteiger charge is 2.31. The van der Waals surface area contributed by atoms with Gasteiger partial charge in [-0.15, -0.1) is 0 Å². The van der Waals surface area contributed by atoms with Gasteiger partial charge in [0, 0.05) is 17.6 Å². The van der Waals surface area contributed by atoms with Crippen molar-refractivity contribution in [3.8, 4) is 5.75 Å². The molecular weight excluding hydrogens is 534 g/mol. The smallest absolute Gasteiger partial charge is 0.244 e. The number of ether oxygens (including phenoxy) is 1. The van der Waals surface area contributed by atoms with Crippen LogP contribution >= 0.6 is 15.9 Å².